The highest BCUT2D eigenvalue weighted by Gasteiger charge is 2.41. The van der Waals surface area contributed by atoms with Crippen LogP contribution in [-0.4, -0.2) is 41.2 Å². The number of carbonyl (C=O) groups excluding carboxylic acids is 2. The summed E-state index contributed by atoms with van der Waals surface area (Å²) in [4.78, 5) is 29.3. The SMILES string of the molecule is CCCN1C(=O)C(c2ccc(C)cc2C)=C(N2CCCC2)C1=O. The number of hydrogen-bond donors (Lipinski definition) is 0. The first-order chi connectivity index (χ1) is 11.0. The molecule has 2 amide bonds. The Morgan fingerprint density at radius 3 is 2.35 bits per heavy atom. The van der Waals surface area contributed by atoms with E-state index < -0.39 is 0 Å². The molecular formula is C19H24N2O2. The van der Waals surface area contributed by atoms with Crippen LogP contribution in [0.3, 0.4) is 0 Å². The van der Waals surface area contributed by atoms with E-state index in [2.05, 4.69) is 11.0 Å². The molecule has 0 saturated carbocycles. The fourth-order valence-corrected chi connectivity index (χ4v) is 3.56. The van der Waals surface area contributed by atoms with Crippen molar-refractivity contribution in [2.24, 2.45) is 0 Å². The molecule has 0 unspecified atom stereocenters. The second kappa shape index (κ2) is 6.19. The van der Waals surface area contributed by atoms with Crippen molar-refractivity contribution >= 4 is 17.4 Å². The number of imide groups is 1. The summed E-state index contributed by atoms with van der Waals surface area (Å²) < 4.78 is 0. The molecule has 4 nitrogen and oxygen atoms in total. The predicted octanol–water partition coefficient (Wildman–Crippen LogP) is 2.89. The number of likely N-dealkylation sites (tertiary alicyclic amines) is 1. The molecule has 0 aromatic heterocycles. The molecule has 0 aliphatic carbocycles. The van der Waals surface area contributed by atoms with Gasteiger partial charge in [-0.1, -0.05) is 30.7 Å². The van der Waals surface area contributed by atoms with Crippen molar-refractivity contribution in [2.75, 3.05) is 19.6 Å². The lowest BCUT2D eigenvalue weighted by Crippen LogP contribution is -2.35. The van der Waals surface area contributed by atoms with Gasteiger partial charge in [-0.2, -0.15) is 0 Å². The zero-order valence-corrected chi connectivity index (χ0v) is 14.2. The number of benzene rings is 1. The molecule has 0 spiro atoms. The van der Waals surface area contributed by atoms with Gasteiger partial charge in [0.15, 0.2) is 0 Å². The molecule has 2 aliphatic rings. The van der Waals surface area contributed by atoms with Crippen LogP contribution in [0.25, 0.3) is 5.57 Å². The third-order valence-corrected chi connectivity index (χ3v) is 4.66. The molecule has 0 N–H and O–H groups in total. The molecule has 23 heavy (non-hydrogen) atoms. The van der Waals surface area contributed by atoms with E-state index in [1.54, 1.807) is 0 Å². The summed E-state index contributed by atoms with van der Waals surface area (Å²) in [6.07, 6.45) is 2.95. The second-order valence-corrected chi connectivity index (χ2v) is 6.50. The number of aryl methyl sites for hydroxylation is 2. The zero-order chi connectivity index (χ0) is 16.6. The maximum atomic E-state index is 12.9. The average molecular weight is 312 g/mol. The van der Waals surface area contributed by atoms with Crippen molar-refractivity contribution in [2.45, 2.75) is 40.0 Å². The first kappa shape index (κ1) is 15.8. The quantitative estimate of drug-likeness (QED) is 0.803. The topological polar surface area (TPSA) is 40.6 Å². The van der Waals surface area contributed by atoms with Gasteiger partial charge in [-0.25, -0.2) is 0 Å². The van der Waals surface area contributed by atoms with Gasteiger partial charge >= 0.3 is 0 Å². The first-order valence-corrected chi connectivity index (χ1v) is 8.47. The van der Waals surface area contributed by atoms with Crippen LogP contribution < -0.4 is 0 Å². The van der Waals surface area contributed by atoms with Crippen LogP contribution >= 0.6 is 0 Å². The maximum Gasteiger partial charge on any atom is 0.277 e. The van der Waals surface area contributed by atoms with Gasteiger partial charge < -0.3 is 4.90 Å². The van der Waals surface area contributed by atoms with Gasteiger partial charge in [-0.05, 0) is 44.2 Å². The van der Waals surface area contributed by atoms with Crippen molar-refractivity contribution in [3.8, 4) is 0 Å². The number of rotatable bonds is 4. The molecular weight excluding hydrogens is 288 g/mol. The smallest absolute Gasteiger partial charge is 0.277 e. The molecule has 1 aromatic rings. The minimum atomic E-state index is -0.134. The normalized spacial score (nSPS) is 18.6. The number of amides is 2. The highest BCUT2D eigenvalue weighted by atomic mass is 16.2. The zero-order valence-electron chi connectivity index (χ0n) is 14.2. The summed E-state index contributed by atoms with van der Waals surface area (Å²) >= 11 is 0. The summed E-state index contributed by atoms with van der Waals surface area (Å²) in [6.45, 7) is 8.26. The minimum Gasteiger partial charge on any atom is -0.366 e. The Bertz CT molecular complexity index is 685. The van der Waals surface area contributed by atoms with Gasteiger partial charge in [0, 0.05) is 19.6 Å². The van der Waals surface area contributed by atoms with Crippen LogP contribution in [0.5, 0.6) is 0 Å². The molecule has 0 bridgehead atoms. The molecule has 2 aliphatic heterocycles. The highest BCUT2D eigenvalue weighted by Crippen LogP contribution is 2.34. The lowest BCUT2D eigenvalue weighted by molar-refractivity contribution is -0.137. The lowest BCUT2D eigenvalue weighted by Gasteiger charge is -2.20. The molecule has 122 valence electrons. The summed E-state index contributed by atoms with van der Waals surface area (Å²) in [5.41, 5.74) is 4.33. The molecule has 1 fully saturated rings. The van der Waals surface area contributed by atoms with Crippen molar-refractivity contribution in [3.05, 3.63) is 40.6 Å². The third kappa shape index (κ3) is 2.67. The standard InChI is InChI=1S/C19H24N2O2/c1-4-9-21-18(22)16(15-8-7-13(2)12-14(15)3)17(19(21)23)20-10-5-6-11-20/h7-8,12H,4-6,9-11H2,1-3H3. The Balaban J connectivity index is 2.13. The summed E-state index contributed by atoms with van der Waals surface area (Å²) in [7, 11) is 0. The van der Waals surface area contributed by atoms with Crippen molar-refractivity contribution < 1.29 is 9.59 Å². The number of nitrogens with zero attached hydrogens (tertiary/aromatic N) is 2. The van der Waals surface area contributed by atoms with Crippen LogP contribution in [0, 0.1) is 13.8 Å². The van der Waals surface area contributed by atoms with Gasteiger partial charge in [-0.3, -0.25) is 14.5 Å². The minimum absolute atomic E-state index is 0.117. The average Bonchev–Trinajstić information content (AvgIpc) is 3.10. The lowest BCUT2D eigenvalue weighted by atomic mass is 9.97. The fourth-order valence-electron chi connectivity index (χ4n) is 3.56. The van der Waals surface area contributed by atoms with Crippen LogP contribution in [-0.2, 0) is 9.59 Å². The van der Waals surface area contributed by atoms with Crippen LogP contribution in [0.1, 0.15) is 42.9 Å². The molecule has 0 atom stereocenters. The van der Waals surface area contributed by atoms with E-state index in [-0.39, 0.29) is 11.8 Å². The first-order valence-electron chi connectivity index (χ1n) is 8.47. The van der Waals surface area contributed by atoms with Crippen LogP contribution in [0.2, 0.25) is 0 Å². The van der Waals surface area contributed by atoms with Crippen LogP contribution in [0.15, 0.2) is 23.9 Å². The Labute approximate surface area is 137 Å². The summed E-state index contributed by atoms with van der Waals surface area (Å²) in [6, 6.07) is 6.07. The molecule has 1 aromatic carbocycles. The summed E-state index contributed by atoms with van der Waals surface area (Å²) in [5.74, 6) is -0.251. The molecule has 3 rings (SSSR count). The molecule has 1 saturated heterocycles. The summed E-state index contributed by atoms with van der Waals surface area (Å²) in [5, 5.41) is 0. The number of hydrogen-bond acceptors (Lipinski definition) is 3. The van der Waals surface area contributed by atoms with E-state index in [1.807, 2.05) is 32.9 Å². The number of carbonyl (C=O) groups is 2. The van der Waals surface area contributed by atoms with Gasteiger partial charge in [0.25, 0.3) is 11.8 Å². The van der Waals surface area contributed by atoms with E-state index >= 15 is 0 Å². The van der Waals surface area contributed by atoms with Gasteiger partial charge in [0.05, 0.1) is 5.57 Å². The Hall–Kier alpha value is -2.10. The Morgan fingerprint density at radius 2 is 1.74 bits per heavy atom. The van der Waals surface area contributed by atoms with E-state index in [4.69, 9.17) is 0 Å². The largest absolute Gasteiger partial charge is 0.366 e. The fraction of sp³-hybridized carbons (Fsp3) is 0.474. The van der Waals surface area contributed by atoms with Crippen LogP contribution in [0.4, 0.5) is 0 Å². The maximum absolute atomic E-state index is 12.9. The van der Waals surface area contributed by atoms with E-state index in [9.17, 15) is 9.59 Å². The molecule has 2 heterocycles. The Morgan fingerprint density at radius 1 is 1.04 bits per heavy atom. The van der Waals surface area contributed by atoms with Gasteiger partial charge in [0.1, 0.15) is 5.70 Å². The van der Waals surface area contributed by atoms with Gasteiger partial charge in [0.2, 0.25) is 0 Å². The highest BCUT2D eigenvalue weighted by molar-refractivity contribution is 6.35. The molecule has 0 radical (unpaired) electrons. The molecule has 4 heteroatoms. The van der Waals surface area contributed by atoms with Crippen molar-refractivity contribution in [1.82, 2.24) is 9.80 Å². The van der Waals surface area contributed by atoms with Gasteiger partial charge in [-0.15, -0.1) is 0 Å². The van der Waals surface area contributed by atoms with E-state index in [0.29, 0.717) is 17.8 Å². The van der Waals surface area contributed by atoms with Crippen molar-refractivity contribution in [3.63, 3.8) is 0 Å². The Kier molecular flexibility index (Phi) is 4.24. The second-order valence-electron chi connectivity index (χ2n) is 6.50. The van der Waals surface area contributed by atoms with E-state index in [1.165, 1.54) is 4.90 Å². The van der Waals surface area contributed by atoms with Crippen molar-refractivity contribution in [1.29, 1.82) is 0 Å². The predicted molar refractivity (Wildman–Crippen MR) is 90.7 cm³/mol. The van der Waals surface area contributed by atoms with E-state index in [0.717, 1.165) is 49.0 Å². The monoisotopic (exact) mass is 312 g/mol. The third-order valence-electron chi connectivity index (χ3n) is 4.66.